The van der Waals surface area contributed by atoms with Crippen LogP contribution in [-0.4, -0.2) is 41.5 Å². The van der Waals surface area contributed by atoms with Crippen LogP contribution in [0.15, 0.2) is 35.4 Å². The SMILES string of the molecule is Cl.Cl.O=C1C(=Cc2cccs2)Oc2c1ccc(O)c2CNC[C@@H]1CCCN2CCCC[C@H]12. The van der Waals surface area contributed by atoms with Crippen molar-refractivity contribution in [2.24, 2.45) is 5.92 Å². The van der Waals surface area contributed by atoms with Crippen molar-refractivity contribution in [1.82, 2.24) is 10.2 Å². The minimum Gasteiger partial charge on any atom is -0.507 e. The van der Waals surface area contributed by atoms with Crippen molar-refractivity contribution in [3.8, 4) is 11.5 Å². The fraction of sp³-hybridized carbons (Fsp3) is 0.458. The minimum absolute atomic E-state index is 0. The first kappa shape index (κ1) is 25.1. The molecule has 2 N–H and O–H groups in total. The molecule has 0 amide bonds. The number of phenols is 1. The van der Waals surface area contributed by atoms with E-state index in [2.05, 4.69) is 10.2 Å². The number of nitrogens with zero attached hydrogens (tertiary/aromatic N) is 1. The van der Waals surface area contributed by atoms with Crippen LogP contribution >= 0.6 is 36.2 Å². The van der Waals surface area contributed by atoms with Gasteiger partial charge >= 0.3 is 0 Å². The number of Topliss-reactive ketones (excluding diaryl/α,β-unsaturated/α-hetero) is 1. The number of halogens is 2. The van der Waals surface area contributed by atoms with E-state index in [1.54, 1.807) is 29.5 Å². The Bertz CT molecular complexity index is 962. The van der Waals surface area contributed by atoms with E-state index in [-0.39, 0.29) is 36.3 Å². The topological polar surface area (TPSA) is 61.8 Å². The summed E-state index contributed by atoms with van der Waals surface area (Å²) in [6, 6.07) is 7.86. The third-order valence-corrected chi connectivity index (χ3v) is 7.49. The second-order valence-corrected chi connectivity index (χ2v) is 9.51. The third kappa shape index (κ3) is 5.00. The van der Waals surface area contributed by atoms with Crippen LogP contribution in [0, 0.1) is 5.92 Å². The molecule has 2 fully saturated rings. The molecule has 0 aliphatic carbocycles. The summed E-state index contributed by atoms with van der Waals surface area (Å²) in [6.45, 7) is 3.90. The molecule has 2 saturated heterocycles. The molecule has 1 aromatic carbocycles. The van der Waals surface area contributed by atoms with Gasteiger partial charge in [-0.05, 0) is 74.8 Å². The summed E-state index contributed by atoms with van der Waals surface area (Å²) in [5.74, 6) is 1.52. The molecule has 5 rings (SSSR count). The van der Waals surface area contributed by atoms with Crippen LogP contribution in [0.2, 0.25) is 0 Å². The molecule has 8 heteroatoms. The van der Waals surface area contributed by atoms with Crippen LogP contribution in [0.4, 0.5) is 0 Å². The van der Waals surface area contributed by atoms with E-state index < -0.39 is 0 Å². The van der Waals surface area contributed by atoms with Crippen molar-refractivity contribution >= 4 is 48.0 Å². The number of carbonyl (C=O) groups is 1. The van der Waals surface area contributed by atoms with Crippen molar-refractivity contribution in [3.63, 3.8) is 0 Å². The molecular weight excluding hydrogens is 467 g/mol. The molecular formula is C24H30Cl2N2O3S. The highest BCUT2D eigenvalue weighted by atomic mass is 35.5. The lowest BCUT2D eigenvalue weighted by Crippen LogP contribution is -2.50. The molecule has 0 radical (unpaired) electrons. The minimum atomic E-state index is -0.121. The van der Waals surface area contributed by atoms with Crippen LogP contribution in [0.25, 0.3) is 6.08 Å². The zero-order valence-corrected chi connectivity index (χ0v) is 20.4. The number of hydrogen-bond acceptors (Lipinski definition) is 6. The summed E-state index contributed by atoms with van der Waals surface area (Å²) in [7, 11) is 0. The normalized spacial score (nSPS) is 23.6. The van der Waals surface area contributed by atoms with E-state index in [4.69, 9.17) is 4.74 Å². The van der Waals surface area contributed by atoms with Crippen LogP contribution in [0.1, 0.15) is 52.9 Å². The highest BCUT2D eigenvalue weighted by Gasteiger charge is 2.34. The number of ketones is 1. The van der Waals surface area contributed by atoms with Gasteiger partial charge in [-0.15, -0.1) is 36.2 Å². The average molecular weight is 497 g/mol. The molecule has 0 bridgehead atoms. The first-order chi connectivity index (χ1) is 14.7. The first-order valence-electron chi connectivity index (χ1n) is 11.0. The summed E-state index contributed by atoms with van der Waals surface area (Å²) in [5, 5.41) is 16.0. The summed E-state index contributed by atoms with van der Waals surface area (Å²) >= 11 is 1.56. The molecule has 0 saturated carbocycles. The van der Waals surface area contributed by atoms with Gasteiger partial charge in [0, 0.05) is 23.5 Å². The van der Waals surface area contributed by atoms with E-state index in [0.29, 0.717) is 41.1 Å². The lowest BCUT2D eigenvalue weighted by atomic mass is 9.83. The standard InChI is InChI=1S/C24H28N2O3S.2ClH/c27-21-9-8-18-23(28)22(13-17-6-4-12-30-17)29-24(18)19(21)15-25-14-16-5-3-11-26-10-2-1-7-20(16)26;;/h4,6,8-9,12-13,16,20,25,27H,1-3,5,7,10-11,14-15H2;2*1H/t16-,20+;;/m0../s1. The fourth-order valence-corrected chi connectivity index (χ4v) is 5.81. The van der Waals surface area contributed by atoms with Crippen LogP contribution < -0.4 is 10.1 Å². The lowest BCUT2D eigenvalue weighted by molar-refractivity contribution is 0.0593. The Morgan fingerprint density at radius 3 is 2.81 bits per heavy atom. The lowest BCUT2D eigenvalue weighted by Gasteiger charge is -2.44. The number of hydrogen-bond donors (Lipinski definition) is 2. The molecule has 1 aromatic heterocycles. The predicted molar refractivity (Wildman–Crippen MR) is 133 cm³/mol. The number of benzene rings is 1. The largest absolute Gasteiger partial charge is 0.507 e. The van der Waals surface area contributed by atoms with Gasteiger partial charge in [-0.1, -0.05) is 12.5 Å². The highest BCUT2D eigenvalue weighted by molar-refractivity contribution is 7.10. The number of ether oxygens (including phenoxy) is 1. The number of fused-ring (bicyclic) bond motifs is 2. The number of rotatable bonds is 5. The van der Waals surface area contributed by atoms with Crippen LogP contribution in [-0.2, 0) is 6.54 Å². The second kappa shape index (κ2) is 11.0. The van der Waals surface area contributed by atoms with Gasteiger partial charge in [-0.3, -0.25) is 4.79 Å². The number of thiophene rings is 1. The van der Waals surface area contributed by atoms with Crippen LogP contribution in [0.3, 0.4) is 0 Å². The maximum absolute atomic E-state index is 12.8. The molecule has 0 unspecified atom stereocenters. The number of aromatic hydroxyl groups is 1. The Kier molecular flexibility index (Phi) is 8.64. The molecule has 0 spiro atoms. The van der Waals surface area contributed by atoms with E-state index in [1.807, 2.05) is 17.5 Å². The Morgan fingerprint density at radius 2 is 2.00 bits per heavy atom. The zero-order valence-electron chi connectivity index (χ0n) is 17.9. The van der Waals surface area contributed by atoms with Crippen molar-refractivity contribution in [2.45, 2.75) is 44.7 Å². The molecule has 2 atom stereocenters. The summed E-state index contributed by atoms with van der Waals surface area (Å²) in [4.78, 5) is 16.4. The number of phenolic OH excluding ortho intramolecular Hbond substituents is 1. The maximum Gasteiger partial charge on any atom is 0.232 e. The molecule has 3 aliphatic heterocycles. The monoisotopic (exact) mass is 496 g/mol. The van der Waals surface area contributed by atoms with E-state index in [1.165, 1.54) is 45.2 Å². The van der Waals surface area contributed by atoms with Gasteiger partial charge in [0.15, 0.2) is 5.76 Å². The van der Waals surface area contributed by atoms with E-state index >= 15 is 0 Å². The third-order valence-electron chi connectivity index (χ3n) is 6.67. The number of carbonyl (C=O) groups excluding carboxylic acids is 1. The second-order valence-electron chi connectivity index (χ2n) is 8.53. The summed E-state index contributed by atoms with van der Waals surface area (Å²) in [6.07, 6.45) is 8.26. The number of allylic oxidation sites excluding steroid dienone is 1. The van der Waals surface area contributed by atoms with Crippen molar-refractivity contribution in [1.29, 1.82) is 0 Å². The molecule has 4 heterocycles. The van der Waals surface area contributed by atoms with Crippen molar-refractivity contribution in [3.05, 3.63) is 51.4 Å². The molecule has 174 valence electrons. The summed E-state index contributed by atoms with van der Waals surface area (Å²) < 4.78 is 5.94. The molecule has 3 aliphatic rings. The first-order valence-corrected chi connectivity index (χ1v) is 11.9. The van der Waals surface area contributed by atoms with Crippen molar-refractivity contribution in [2.75, 3.05) is 19.6 Å². The van der Waals surface area contributed by atoms with E-state index in [0.717, 1.165) is 11.4 Å². The summed E-state index contributed by atoms with van der Waals surface area (Å²) in [5.41, 5.74) is 1.20. The van der Waals surface area contributed by atoms with Crippen LogP contribution in [0.5, 0.6) is 11.5 Å². The Balaban J connectivity index is 0.00000144. The smallest absolute Gasteiger partial charge is 0.232 e. The van der Waals surface area contributed by atoms with Gasteiger partial charge in [-0.2, -0.15) is 0 Å². The Morgan fingerprint density at radius 1 is 1.16 bits per heavy atom. The van der Waals surface area contributed by atoms with Gasteiger partial charge in [-0.25, -0.2) is 0 Å². The molecule has 2 aromatic rings. The van der Waals surface area contributed by atoms with Gasteiger partial charge in [0.2, 0.25) is 5.78 Å². The Hall–Kier alpha value is -1.57. The van der Waals surface area contributed by atoms with Gasteiger partial charge < -0.3 is 20.1 Å². The Labute approximate surface area is 205 Å². The van der Waals surface area contributed by atoms with Gasteiger partial charge in [0.05, 0.1) is 11.1 Å². The van der Waals surface area contributed by atoms with Crippen molar-refractivity contribution < 1.29 is 14.6 Å². The maximum atomic E-state index is 12.8. The average Bonchev–Trinajstić information content (AvgIpc) is 3.38. The van der Waals surface area contributed by atoms with Gasteiger partial charge in [0.25, 0.3) is 0 Å². The number of nitrogens with one attached hydrogen (secondary N) is 1. The highest BCUT2D eigenvalue weighted by Crippen LogP contribution is 2.40. The number of piperidine rings is 2. The van der Waals surface area contributed by atoms with Gasteiger partial charge in [0.1, 0.15) is 11.5 Å². The molecule has 5 nitrogen and oxygen atoms in total. The molecule has 32 heavy (non-hydrogen) atoms. The quantitative estimate of drug-likeness (QED) is 0.552. The predicted octanol–water partition coefficient (Wildman–Crippen LogP) is 5.27. The fourth-order valence-electron chi connectivity index (χ4n) is 5.17. The van der Waals surface area contributed by atoms with E-state index in [9.17, 15) is 9.90 Å². The zero-order chi connectivity index (χ0) is 20.5.